The largest absolute Gasteiger partial charge is 0.458 e. The highest BCUT2D eigenvalue weighted by atomic mass is 35.5. The quantitative estimate of drug-likeness (QED) is 0.821. The summed E-state index contributed by atoms with van der Waals surface area (Å²) in [6.45, 7) is 7.03. The van der Waals surface area contributed by atoms with Crippen molar-refractivity contribution in [3.63, 3.8) is 0 Å². The summed E-state index contributed by atoms with van der Waals surface area (Å²) in [5.74, 6) is 1.35. The van der Waals surface area contributed by atoms with Gasteiger partial charge in [-0.05, 0) is 42.7 Å². The Morgan fingerprint density at radius 2 is 2.04 bits per heavy atom. The van der Waals surface area contributed by atoms with E-state index in [0.29, 0.717) is 29.9 Å². The predicted molar refractivity (Wildman–Crippen MR) is 97.2 cm³/mol. The molecule has 1 aliphatic carbocycles. The van der Waals surface area contributed by atoms with Crippen LogP contribution in [0.2, 0.25) is 0 Å². The number of hydrogen-bond donors (Lipinski definition) is 1. The fourth-order valence-electron chi connectivity index (χ4n) is 3.12. The number of hydrogen-bond acceptors (Lipinski definition) is 4. The normalized spacial score (nSPS) is 23.6. The highest BCUT2D eigenvalue weighted by Gasteiger charge is 2.33. The first kappa shape index (κ1) is 22.2. The minimum absolute atomic E-state index is 0. The summed E-state index contributed by atoms with van der Waals surface area (Å²) in [5, 5.41) is 0. The lowest BCUT2D eigenvalue weighted by molar-refractivity contribution is -0.0174. The van der Waals surface area contributed by atoms with E-state index in [9.17, 15) is 4.79 Å². The summed E-state index contributed by atoms with van der Waals surface area (Å²) in [6, 6.07) is 3.52. The summed E-state index contributed by atoms with van der Waals surface area (Å²) in [4.78, 5) is 16.4. The van der Waals surface area contributed by atoms with E-state index in [1.165, 1.54) is 6.42 Å². The third kappa shape index (κ3) is 5.94. The van der Waals surface area contributed by atoms with Gasteiger partial charge in [0, 0.05) is 12.7 Å². The van der Waals surface area contributed by atoms with Gasteiger partial charge < -0.3 is 10.5 Å². The minimum Gasteiger partial charge on any atom is -0.458 e. The van der Waals surface area contributed by atoms with Gasteiger partial charge in [-0.2, -0.15) is 0 Å². The van der Waals surface area contributed by atoms with Gasteiger partial charge in [0.2, 0.25) is 0 Å². The minimum atomic E-state index is -0.268. The number of halogens is 2. The van der Waals surface area contributed by atoms with E-state index in [0.717, 1.165) is 18.5 Å². The number of rotatable bonds is 4. The molecule has 2 rings (SSSR count). The summed E-state index contributed by atoms with van der Waals surface area (Å²) in [6.07, 6.45) is 4.91. The van der Waals surface area contributed by atoms with Gasteiger partial charge in [0.1, 0.15) is 6.10 Å². The molecule has 3 atom stereocenters. The van der Waals surface area contributed by atoms with Crippen molar-refractivity contribution in [2.24, 2.45) is 23.5 Å². The Bertz CT molecular complexity index is 480. The molecule has 4 nitrogen and oxygen atoms in total. The van der Waals surface area contributed by atoms with E-state index in [2.05, 4.69) is 25.8 Å². The highest BCUT2D eigenvalue weighted by molar-refractivity contribution is 5.89. The Labute approximate surface area is 151 Å². The molecule has 1 aromatic rings. The Kier molecular flexibility index (Phi) is 9.74. The maximum absolute atomic E-state index is 12.3. The maximum Gasteiger partial charge on any atom is 0.339 e. The van der Waals surface area contributed by atoms with Crippen LogP contribution in [0.3, 0.4) is 0 Å². The number of carbonyl (C=O) groups is 1. The number of esters is 1. The second-order valence-corrected chi connectivity index (χ2v) is 6.51. The van der Waals surface area contributed by atoms with Gasteiger partial charge in [-0.1, -0.05) is 27.2 Å². The van der Waals surface area contributed by atoms with Crippen molar-refractivity contribution in [2.75, 3.05) is 0 Å². The molecule has 0 aromatic carbocycles. The van der Waals surface area contributed by atoms with Crippen LogP contribution >= 0.6 is 24.8 Å². The van der Waals surface area contributed by atoms with Crippen molar-refractivity contribution < 1.29 is 9.53 Å². The topological polar surface area (TPSA) is 65.2 Å². The van der Waals surface area contributed by atoms with Gasteiger partial charge in [-0.3, -0.25) is 4.98 Å². The zero-order chi connectivity index (χ0) is 15.4. The summed E-state index contributed by atoms with van der Waals surface area (Å²) < 4.78 is 5.79. The molecule has 1 aromatic heterocycles. The lowest BCUT2D eigenvalue weighted by Gasteiger charge is -2.36. The Morgan fingerprint density at radius 3 is 2.57 bits per heavy atom. The van der Waals surface area contributed by atoms with E-state index < -0.39 is 0 Å². The van der Waals surface area contributed by atoms with Crippen molar-refractivity contribution in [2.45, 2.75) is 52.7 Å². The number of aromatic nitrogens is 1. The summed E-state index contributed by atoms with van der Waals surface area (Å²) in [7, 11) is 0. The molecular weight excluding hydrogens is 335 g/mol. The zero-order valence-electron chi connectivity index (χ0n) is 14.0. The van der Waals surface area contributed by atoms with Crippen LogP contribution in [0.4, 0.5) is 0 Å². The molecule has 1 heterocycles. The smallest absolute Gasteiger partial charge is 0.339 e. The molecule has 0 saturated heterocycles. The first-order valence-corrected chi connectivity index (χ1v) is 7.87. The van der Waals surface area contributed by atoms with E-state index in [1.54, 1.807) is 18.3 Å². The fourth-order valence-corrected chi connectivity index (χ4v) is 3.12. The molecule has 2 N–H and O–H groups in total. The number of carbonyl (C=O) groups excluding carboxylic acids is 1. The molecule has 0 aliphatic heterocycles. The van der Waals surface area contributed by atoms with Crippen LogP contribution in [0.1, 0.15) is 56.1 Å². The van der Waals surface area contributed by atoms with Crippen LogP contribution in [0, 0.1) is 17.8 Å². The molecule has 132 valence electrons. The second-order valence-electron chi connectivity index (χ2n) is 6.51. The van der Waals surface area contributed by atoms with Crippen LogP contribution in [-0.4, -0.2) is 17.1 Å². The molecule has 1 saturated carbocycles. The molecule has 0 radical (unpaired) electrons. The molecule has 1 fully saturated rings. The zero-order valence-corrected chi connectivity index (χ0v) is 15.7. The average Bonchev–Trinajstić information content (AvgIpc) is 2.47. The van der Waals surface area contributed by atoms with Crippen molar-refractivity contribution in [3.8, 4) is 0 Å². The van der Waals surface area contributed by atoms with Crippen LogP contribution in [0.5, 0.6) is 0 Å². The van der Waals surface area contributed by atoms with Gasteiger partial charge in [-0.25, -0.2) is 4.79 Å². The monoisotopic (exact) mass is 362 g/mol. The van der Waals surface area contributed by atoms with Crippen molar-refractivity contribution in [1.29, 1.82) is 0 Å². The molecule has 0 unspecified atom stereocenters. The third-order valence-electron chi connectivity index (χ3n) is 4.49. The lowest BCUT2D eigenvalue weighted by atomic mass is 9.75. The molecule has 23 heavy (non-hydrogen) atoms. The fraction of sp³-hybridized carbons (Fsp3) is 0.647. The number of nitrogens with zero attached hydrogens (tertiary/aromatic N) is 1. The molecule has 1 aliphatic rings. The number of ether oxygens (including phenoxy) is 1. The van der Waals surface area contributed by atoms with E-state index in [-0.39, 0.29) is 36.9 Å². The number of nitrogens with two attached hydrogens (primary N) is 1. The standard InChI is InChI=1S/C17H26N2O2.2ClH/c1-11(2)15-7-4-12(3)8-16(15)21-17(20)13-5-6-14(9-18)19-10-13;;/h5-6,10-12,15-16H,4,7-9,18H2,1-3H3;2*1H/t12-,15+,16+;;/m1../s1. The van der Waals surface area contributed by atoms with E-state index >= 15 is 0 Å². The molecule has 0 bridgehead atoms. The highest BCUT2D eigenvalue weighted by Crippen LogP contribution is 2.35. The van der Waals surface area contributed by atoms with Crippen LogP contribution in [-0.2, 0) is 11.3 Å². The van der Waals surface area contributed by atoms with Gasteiger partial charge in [-0.15, -0.1) is 24.8 Å². The first-order chi connectivity index (χ1) is 10.0. The first-order valence-electron chi connectivity index (χ1n) is 7.87. The average molecular weight is 363 g/mol. The Hall–Kier alpha value is -0.840. The summed E-state index contributed by atoms with van der Waals surface area (Å²) >= 11 is 0. The van der Waals surface area contributed by atoms with Crippen LogP contribution in [0.25, 0.3) is 0 Å². The summed E-state index contributed by atoms with van der Waals surface area (Å²) in [5.41, 5.74) is 6.80. The molecule has 0 spiro atoms. The number of pyridine rings is 1. The van der Waals surface area contributed by atoms with Crippen LogP contribution < -0.4 is 5.73 Å². The van der Waals surface area contributed by atoms with Gasteiger partial charge in [0.15, 0.2) is 0 Å². The third-order valence-corrected chi connectivity index (χ3v) is 4.49. The second kappa shape index (κ2) is 10.1. The SMILES string of the molecule is CC(C)[C@@H]1CC[C@@H](C)C[C@@H]1OC(=O)c1ccc(CN)nc1.Cl.Cl. The van der Waals surface area contributed by atoms with Crippen molar-refractivity contribution >= 4 is 30.8 Å². The Balaban J connectivity index is 0.00000242. The Morgan fingerprint density at radius 1 is 1.35 bits per heavy atom. The van der Waals surface area contributed by atoms with Gasteiger partial charge in [0.05, 0.1) is 11.3 Å². The molecular formula is C17H28Cl2N2O2. The molecule has 6 heteroatoms. The predicted octanol–water partition coefficient (Wildman–Crippen LogP) is 4.00. The lowest BCUT2D eigenvalue weighted by Crippen LogP contribution is -2.35. The van der Waals surface area contributed by atoms with Crippen molar-refractivity contribution in [1.82, 2.24) is 4.98 Å². The maximum atomic E-state index is 12.3. The van der Waals surface area contributed by atoms with Crippen LogP contribution in [0.15, 0.2) is 18.3 Å². The van der Waals surface area contributed by atoms with Gasteiger partial charge in [0.25, 0.3) is 0 Å². The van der Waals surface area contributed by atoms with Crippen molar-refractivity contribution in [3.05, 3.63) is 29.6 Å². The van der Waals surface area contributed by atoms with E-state index in [4.69, 9.17) is 10.5 Å². The molecule has 0 amide bonds. The van der Waals surface area contributed by atoms with E-state index in [1.807, 2.05) is 0 Å². The van der Waals surface area contributed by atoms with Gasteiger partial charge >= 0.3 is 5.97 Å².